The summed E-state index contributed by atoms with van der Waals surface area (Å²) in [6, 6.07) is 0.588. The van der Waals surface area contributed by atoms with E-state index in [1.807, 2.05) is 0 Å². The highest BCUT2D eigenvalue weighted by molar-refractivity contribution is 4.97. The third kappa shape index (κ3) is 3.03. The van der Waals surface area contributed by atoms with Crippen molar-refractivity contribution in [2.24, 2.45) is 17.8 Å². The third-order valence-electron chi connectivity index (χ3n) is 4.82. The van der Waals surface area contributed by atoms with Crippen molar-refractivity contribution in [2.45, 2.75) is 65.0 Å². The van der Waals surface area contributed by atoms with E-state index in [0.717, 1.165) is 30.9 Å². The monoisotopic (exact) mass is 239 g/mol. The van der Waals surface area contributed by atoms with Gasteiger partial charge in [-0.1, -0.05) is 13.3 Å². The van der Waals surface area contributed by atoms with Crippen LogP contribution in [0.5, 0.6) is 0 Å². The van der Waals surface area contributed by atoms with E-state index in [-0.39, 0.29) is 0 Å². The van der Waals surface area contributed by atoms with Crippen LogP contribution in [0.25, 0.3) is 0 Å². The zero-order valence-corrected chi connectivity index (χ0v) is 11.7. The van der Waals surface area contributed by atoms with Gasteiger partial charge in [0, 0.05) is 12.6 Å². The Bertz CT molecular complexity index is 231. The van der Waals surface area contributed by atoms with Crippen molar-refractivity contribution in [3.8, 4) is 0 Å². The van der Waals surface area contributed by atoms with Crippen LogP contribution in [0, 0.1) is 17.8 Å². The van der Waals surface area contributed by atoms with E-state index in [1.165, 1.54) is 32.1 Å². The molecule has 0 aromatic carbocycles. The minimum atomic E-state index is 0.371. The van der Waals surface area contributed by atoms with Crippen LogP contribution in [0.4, 0.5) is 0 Å². The zero-order valence-electron chi connectivity index (χ0n) is 11.7. The van der Waals surface area contributed by atoms with Crippen LogP contribution in [0.3, 0.4) is 0 Å². The minimum Gasteiger partial charge on any atom is -0.377 e. The van der Waals surface area contributed by atoms with E-state index in [4.69, 9.17) is 4.74 Å². The Labute approximate surface area is 107 Å². The van der Waals surface area contributed by atoms with E-state index in [2.05, 4.69) is 26.1 Å². The standard InChI is InChI=1S/C15H29NO/c1-4-8-16-15(11(3)17-5-2)14-10-12-6-7-13(14)9-12/h11-16H,4-10H2,1-3H3. The summed E-state index contributed by atoms with van der Waals surface area (Å²) in [5.41, 5.74) is 0. The van der Waals surface area contributed by atoms with Crippen LogP contribution >= 0.6 is 0 Å². The van der Waals surface area contributed by atoms with Crippen molar-refractivity contribution < 1.29 is 4.74 Å². The van der Waals surface area contributed by atoms with Gasteiger partial charge in [-0.05, 0) is 63.8 Å². The summed E-state index contributed by atoms with van der Waals surface area (Å²) in [4.78, 5) is 0. The summed E-state index contributed by atoms with van der Waals surface area (Å²) in [5, 5.41) is 3.76. The molecule has 2 saturated carbocycles. The second-order valence-corrected chi connectivity index (χ2v) is 5.98. The van der Waals surface area contributed by atoms with Gasteiger partial charge in [-0.15, -0.1) is 0 Å². The highest BCUT2D eigenvalue weighted by Gasteiger charge is 2.44. The van der Waals surface area contributed by atoms with Gasteiger partial charge in [-0.3, -0.25) is 0 Å². The average molecular weight is 239 g/mol. The Morgan fingerprint density at radius 2 is 2.06 bits per heavy atom. The third-order valence-corrected chi connectivity index (χ3v) is 4.82. The van der Waals surface area contributed by atoms with Crippen LogP contribution in [-0.2, 0) is 4.74 Å². The maximum atomic E-state index is 5.86. The molecule has 17 heavy (non-hydrogen) atoms. The first kappa shape index (κ1) is 13.4. The van der Waals surface area contributed by atoms with Crippen molar-refractivity contribution in [2.75, 3.05) is 13.2 Å². The summed E-state index contributed by atoms with van der Waals surface area (Å²) < 4.78 is 5.86. The highest BCUT2D eigenvalue weighted by atomic mass is 16.5. The molecule has 2 aliphatic rings. The lowest BCUT2D eigenvalue weighted by Gasteiger charge is -2.35. The Morgan fingerprint density at radius 3 is 2.59 bits per heavy atom. The molecule has 0 aromatic rings. The maximum absolute atomic E-state index is 5.86. The molecule has 2 bridgehead atoms. The molecule has 2 rings (SSSR count). The Balaban J connectivity index is 1.94. The van der Waals surface area contributed by atoms with Gasteiger partial charge in [0.1, 0.15) is 0 Å². The summed E-state index contributed by atoms with van der Waals surface area (Å²) in [6.45, 7) is 8.58. The van der Waals surface area contributed by atoms with Crippen LogP contribution in [0.2, 0.25) is 0 Å². The average Bonchev–Trinajstić information content (AvgIpc) is 2.92. The second-order valence-electron chi connectivity index (χ2n) is 5.98. The largest absolute Gasteiger partial charge is 0.377 e. The van der Waals surface area contributed by atoms with Crippen molar-refractivity contribution in [1.29, 1.82) is 0 Å². The lowest BCUT2D eigenvalue weighted by Crippen LogP contribution is -2.47. The molecule has 0 aromatic heterocycles. The molecule has 100 valence electrons. The van der Waals surface area contributed by atoms with Crippen molar-refractivity contribution in [3.05, 3.63) is 0 Å². The molecule has 0 aliphatic heterocycles. The smallest absolute Gasteiger partial charge is 0.0702 e. The molecule has 0 saturated heterocycles. The molecule has 5 atom stereocenters. The molecule has 0 radical (unpaired) electrons. The van der Waals surface area contributed by atoms with Crippen LogP contribution in [0.15, 0.2) is 0 Å². The lowest BCUT2D eigenvalue weighted by molar-refractivity contribution is 0.0203. The predicted octanol–water partition coefficient (Wildman–Crippen LogP) is 3.22. The number of hydrogen-bond donors (Lipinski definition) is 1. The number of fused-ring (bicyclic) bond motifs is 2. The molecule has 1 N–H and O–H groups in total. The van der Waals surface area contributed by atoms with Crippen molar-refractivity contribution >= 4 is 0 Å². The molecular weight excluding hydrogens is 210 g/mol. The van der Waals surface area contributed by atoms with Crippen molar-refractivity contribution in [3.63, 3.8) is 0 Å². The molecule has 0 spiro atoms. The fourth-order valence-corrected chi connectivity index (χ4v) is 4.08. The van der Waals surface area contributed by atoms with E-state index < -0.39 is 0 Å². The van der Waals surface area contributed by atoms with E-state index >= 15 is 0 Å². The number of nitrogens with one attached hydrogen (secondary N) is 1. The molecule has 5 unspecified atom stereocenters. The predicted molar refractivity (Wildman–Crippen MR) is 72.1 cm³/mol. The number of rotatable bonds is 7. The highest BCUT2D eigenvalue weighted by Crippen LogP contribution is 2.50. The maximum Gasteiger partial charge on any atom is 0.0702 e. The number of hydrogen-bond acceptors (Lipinski definition) is 2. The van der Waals surface area contributed by atoms with Gasteiger partial charge in [-0.25, -0.2) is 0 Å². The normalized spacial score (nSPS) is 35.1. The fourth-order valence-electron chi connectivity index (χ4n) is 4.08. The van der Waals surface area contributed by atoms with Gasteiger partial charge in [0.25, 0.3) is 0 Å². The second kappa shape index (κ2) is 6.19. The fraction of sp³-hybridized carbons (Fsp3) is 1.00. The molecule has 2 fully saturated rings. The van der Waals surface area contributed by atoms with E-state index in [1.54, 1.807) is 0 Å². The van der Waals surface area contributed by atoms with Crippen LogP contribution < -0.4 is 5.32 Å². The van der Waals surface area contributed by atoms with Gasteiger partial charge in [0.15, 0.2) is 0 Å². The van der Waals surface area contributed by atoms with Gasteiger partial charge >= 0.3 is 0 Å². The SMILES string of the molecule is CCCNC(C(C)OCC)C1CC2CCC1C2. The topological polar surface area (TPSA) is 21.3 Å². The minimum absolute atomic E-state index is 0.371. The quantitative estimate of drug-likeness (QED) is 0.736. The van der Waals surface area contributed by atoms with Crippen LogP contribution in [0.1, 0.15) is 52.9 Å². The first-order valence-electron chi connectivity index (χ1n) is 7.61. The zero-order chi connectivity index (χ0) is 12.3. The molecule has 2 nitrogen and oxygen atoms in total. The van der Waals surface area contributed by atoms with Gasteiger partial charge in [0.05, 0.1) is 6.10 Å². The molecule has 0 heterocycles. The van der Waals surface area contributed by atoms with E-state index in [0.29, 0.717) is 12.1 Å². The summed E-state index contributed by atoms with van der Waals surface area (Å²) in [6.07, 6.45) is 7.49. The Morgan fingerprint density at radius 1 is 1.24 bits per heavy atom. The summed E-state index contributed by atoms with van der Waals surface area (Å²) in [7, 11) is 0. The molecular formula is C15H29NO. The lowest BCUT2D eigenvalue weighted by atomic mass is 9.81. The van der Waals surface area contributed by atoms with Gasteiger partial charge in [0.2, 0.25) is 0 Å². The Hall–Kier alpha value is -0.0800. The molecule has 2 heteroatoms. The van der Waals surface area contributed by atoms with Gasteiger partial charge < -0.3 is 10.1 Å². The van der Waals surface area contributed by atoms with E-state index in [9.17, 15) is 0 Å². The molecule has 0 amide bonds. The first-order valence-corrected chi connectivity index (χ1v) is 7.61. The summed E-state index contributed by atoms with van der Waals surface area (Å²) >= 11 is 0. The Kier molecular flexibility index (Phi) is 4.87. The first-order chi connectivity index (χ1) is 8.26. The van der Waals surface area contributed by atoms with Gasteiger partial charge in [-0.2, -0.15) is 0 Å². The number of ether oxygens (including phenoxy) is 1. The van der Waals surface area contributed by atoms with Crippen molar-refractivity contribution in [1.82, 2.24) is 5.32 Å². The van der Waals surface area contributed by atoms with Crippen LogP contribution in [-0.4, -0.2) is 25.3 Å². The summed E-state index contributed by atoms with van der Waals surface area (Å²) in [5.74, 6) is 2.89. The molecule has 2 aliphatic carbocycles.